The summed E-state index contributed by atoms with van der Waals surface area (Å²) in [5, 5.41) is 10.4. The fourth-order valence-corrected chi connectivity index (χ4v) is 2.64. The summed E-state index contributed by atoms with van der Waals surface area (Å²) in [4.78, 5) is 15.9. The smallest absolute Gasteiger partial charge is 0.222 e. The normalized spacial score (nSPS) is 20.3. The largest absolute Gasteiger partial charge is 0.390 e. The monoisotopic (exact) mass is 318 g/mol. The number of rotatable bonds is 7. The molecule has 4 nitrogen and oxygen atoms in total. The summed E-state index contributed by atoms with van der Waals surface area (Å²) in [6, 6.07) is 0. The second kappa shape index (κ2) is 10.2. The first-order valence-electron chi connectivity index (χ1n) is 8.34. The maximum atomic E-state index is 12.0. The number of carbonyl (C=O) groups excluding carboxylic acids is 1. The zero-order valence-electron chi connectivity index (χ0n) is 14.5. The summed E-state index contributed by atoms with van der Waals surface area (Å²) in [6.45, 7) is 14.9. The van der Waals surface area contributed by atoms with Crippen LogP contribution in [0.25, 0.3) is 0 Å². The summed E-state index contributed by atoms with van der Waals surface area (Å²) in [5.41, 5.74) is 1.98. The highest BCUT2D eigenvalue weighted by Gasteiger charge is 2.18. The van der Waals surface area contributed by atoms with E-state index in [1.165, 1.54) is 0 Å². The van der Waals surface area contributed by atoms with E-state index in [2.05, 4.69) is 18.1 Å². The third kappa shape index (κ3) is 7.44. The lowest BCUT2D eigenvalue weighted by Crippen LogP contribution is -2.43. The molecular weight excluding hydrogens is 288 g/mol. The van der Waals surface area contributed by atoms with Crippen molar-refractivity contribution >= 4 is 5.91 Å². The van der Waals surface area contributed by atoms with E-state index in [0.29, 0.717) is 39.1 Å². The maximum absolute atomic E-state index is 12.0. The van der Waals surface area contributed by atoms with Crippen LogP contribution in [0.5, 0.6) is 0 Å². The predicted molar refractivity (Wildman–Crippen MR) is 96.2 cm³/mol. The van der Waals surface area contributed by atoms with E-state index >= 15 is 0 Å². The second-order valence-electron chi connectivity index (χ2n) is 6.04. The molecule has 0 aliphatic carbocycles. The molecule has 0 aromatic carbocycles. The standard InChI is InChI=1S/C19H30N2O2/c1-5-9-19(23)21(6-2)15-18(22)14-20-12-16(3)10-7-8-11-17(4)13-20/h7-8,10-11,18,22H,3-6,9,12-15H2,1-2H3/b10-7-,11-8-. The molecule has 0 spiro atoms. The van der Waals surface area contributed by atoms with Crippen molar-refractivity contribution in [1.29, 1.82) is 0 Å². The molecule has 1 N–H and O–H groups in total. The summed E-state index contributed by atoms with van der Waals surface area (Å²) in [5.74, 6) is 0.109. The number of allylic oxidation sites excluding steroid dienone is 2. The van der Waals surface area contributed by atoms with Crippen molar-refractivity contribution in [2.45, 2.75) is 32.8 Å². The number of aliphatic hydroxyl groups excluding tert-OH is 1. The molecular formula is C19H30N2O2. The molecule has 23 heavy (non-hydrogen) atoms. The quantitative estimate of drug-likeness (QED) is 0.784. The molecule has 1 heterocycles. The van der Waals surface area contributed by atoms with E-state index in [1.54, 1.807) is 4.90 Å². The van der Waals surface area contributed by atoms with Gasteiger partial charge >= 0.3 is 0 Å². The van der Waals surface area contributed by atoms with E-state index < -0.39 is 6.10 Å². The highest BCUT2D eigenvalue weighted by molar-refractivity contribution is 5.76. The molecule has 1 amide bonds. The van der Waals surface area contributed by atoms with Gasteiger partial charge in [0.05, 0.1) is 6.10 Å². The number of β-amino-alcohol motifs (C(OH)–C–C–N with tert-alkyl or cyclic N) is 1. The number of carbonyl (C=O) groups is 1. The van der Waals surface area contributed by atoms with Crippen molar-refractivity contribution in [2.24, 2.45) is 0 Å². The van der Waals surface area contributed by atoms with Crippen LogP contribution in [0.1, 0.15) is 26.7 Å². The van der Waals surface area contributed by atoms with Crippen molar-refractivity contribution in [3.8, 4) is 0 Å². The minimum Gasteiger partial charge on any atom is -0.390 e. The average Bonchev–Trinajstić information content (AvgIpc) is 2.55. The number of aliphatic hydroxyl groups is 1. The molecule has 1 unspecified atom stereocenters. The topological polar surface area (TPSA) is 43.8 Å². The molecule has 1 aliphatic rings. The van der Waals surface area contributed by atoms with Crippen molar-refractivity contribution in [3.05, 3.63) is 48.6 Å². The van der Waals surface area contributed by atoms with E-state index in [9.17, 15) is 9.90 Å². The van der Waals surface area contributed by atoms with Gasteiger partial charge in [-0.05, 0) is 24.5 Å². The van der Waals surface area contributed by atoms with Crippen LogP contribution >= 0.6 is 0 Å². The van der Waals surface area contributed by atoms with Gasteiger partial charge in [0.2, 0.25) is 5.91 Å². The Morgan fingerprint density at radius 2 is 1.83 bits per heavy atom. The van der Waals surface area contributed by atoms with Gasteiger partial charge in [-0.2, -0.15) is 0 Å². The lowest BCUT2D eigenvalue weighted by molar-refractivity contribution is -0.132. The predicted octanol–water partition coefficient (Wildman–Crippen LogP) is 2.54. The molecule has 0 aromatic heterocycles. The van der Waals surface area contributed by atoms with Gasteiger partial charge in [0, 0.05) is 39.1 Å². The number of nitrogens with zero attached hydrogens (tertiary/aromatic N) is 2. The van der Waals surface area contributed by atoms with Gasteiger partial charge in [-0.1, -0.05) is 44.4 Å². The zero-order chi connectivity index (χ0) is 17.2. The van der Waals surface area contributed by atoms with Crippen molar-refractivity contribution in [3.63, 3.8) is 0 Å². The van der Waals surface area contributed by atoms with Gasteiger partial charge in [-0.15, -0.1) is 0 Å². The van der Waals surface area contributed by atoms with Gasteiger partial charge in [-0.3, -0.25) is 9.69 Å². The fourth-order valence-electron chi connectivity index (χ4n) is 2.64. The van der Waals surface area contributed by atoms with Gasteiger partial charge in [-0.25, -0.2) is 0 Å². The zero-order valence-corrected chi connectivity index (χ0v) is 14.5. The fraction of sp³-hybridized carbons (Fsp3) is 0.526. The van der Waals surface area contributed by atoms with E-state index in [-0.39, 0.29) is 5.91 Å². The first-order valence-corrected chi connectivity index (χ1v) is 8.34. The van der Waals surface area contributed by atoms with Crippen molar-refractivity contribution in [1.82, 2.24) is 9.80 Å². The van der Waals surface area contributed by atoms with Gasteiger partial charge < -0.3 is 10.0 Å². The number of amides is 1. The molecule has 0 radical (unpaired) electrons. The van der Waals surface area contributed by atoms with E-state index in [4.69, 9.17) is 0 Å². The summed E-state index contributed by atoms with van der Waals surface area (Å²) >= 11 is 0. The molecule has 4 heteroatoms. The Morgan fingerprint density at radius 1 is 1.26 bits per heavy atom. The second-order valence-corrected chi connectivity index (χ2v) is 6.04. The van der Waals surface area contributed by atoms with Crippen LogP contribution in [0.2, 0.25) is 0 Å². The Morgan fingerprint density at radius 3 is 2.30 bits per heavy atom. The van der Waals surface area contributed by atoms with Gasteiger partial charge in [0.15, 0.2) is 0 Å². The Hall–Kier alpha value is -1.65. The van der Waals surface area contributed by atoms with Gasteiger partial charge in [0.1, 0.15) is 0 Å². The summed E-state index contributed by atoms with van der Waals surface area (Å²) < 4.78 is 0. The van der Waals surface area contributed by atoms with Crippen LogP contribution in [0.3, 0.4) is 0 Å². The highest BCUT2D eigenvalue weighted by Crippen LogP contribution is 2.09. The molecule has 1 aliphatic heterocycles. The number of hydrogen-bond acceptors (Lipinski definition) is 3. The molecule has 0 saturated carbocycles. The number of likely N-dealkylation sites (N-methyl/N-ethyl adjacent to an activating group) is 1. The molecule has 0 fully saturated rings. The molecule has 128 valence electrons. The third-order valence-corrected chi connectivity index (χ3v) is 3.73. The van der Waals surface area contributed by atoms with Crippen LogP contribution in [0.15, 0.2) is 48.6 Å². The minimum atomic E-state index is -0.579. The van der Waals surface area contributed by atoms with Crippen LogP contribution in [-0.2, 0) is 4.79 Å². The van der Waals surface area contributed by atoms with Gasteiger partial charge in [0.25, 0.3) is 0 Å². The maximum Gasteiger partial charge on any atom is 0.222 e. The first-order chi connectivity index (χ1) is 11.0. The van der Waals surface area contributed by atoms with Crippen molar-refractivity contribution < 1.29 is 9.90 Å². The minimum absolute atomic E-state index is 0.109. The van der Waals surface area contributed by atoms with Crippen LogP contribution < -0.4 is 0 Å². The highest BCUT2D eigenvalue weighted by atomic mass is 16.3. The average molecular weight is 318 g/mol. The van der Waals surface area contributed by atoms with E-state index in [1.807, 2.05) is 38.2 Å². The Balaban J connectivity index is 2.62. The summed E-state index contributed by atoms with van der Waals surface area (Å²) in [6.07, 6.45) is 8.63. The van der Waals surface area contributed by atoms with Crippen LogP contribution in [0, 0.1) is 0 Å². The number of hydrogen-bond donors (Lipinski definition) is 1. The molecule has 0 bridgehead atoms. The SMILES string of the molecule is C=C1/C=C\C=C/C(=C)CN(CC(O)CN(CC)C(=O)CCC)C1. The molecule has 0 aromatic rings. The lowest BCUT2D eigenvalue weighted by Gasteiger charge is -2.29. The van der Waals surface area contributed by atoms with E-state index in [0.717, 1.165) is 17.6 Å². The third-order valence-electron chi connectivity index (χ3n) is 3.73. The Kier molecular flexibility index (Phi) is 8.59. The molecule has 1 atom stereocenters. The Labute approximate surface area is 140 Å². The van der Waals surface area contributed by atoms with Crippen molar-refractivity contribution in [2.75, 3.05) is 32.7 Å². The first kappa shape index (κ1) is 19.4. The summed E-state index contributed by atoms with van der Waals surface area (Å²) in [7, 11) is 0. The Bertz CT molecular complexity index is 454. The lowest BCUT2D eigenvalue weighted by atomic mass is 10.2. The van der Waals surface area contributed by atoms with Crippen LogP contribution in [0.4, 0.5) is 0 Å². The van der Waals surface area contributed by atoms with Crippen LogP contribution in [-0.4, -0.2) is 59.6 Å². The molecule has 0 saturated heterocycles. The molecule has 1 rings (SSSR count).